The van der Waals surface area contributed by atoms with E-state index in [9.17, 15) is 89.0 Å². The van der Waals surface area contributed by atoms with Crippen LogP contribution in [-0.2, 0) is 27.4 Å². The Morgan fingerprint density at radius 3 is 1.47 bits per heavy atom. The normalized spacial score (nSPS) is 14.3. The van der Waals surface area contributed by atoms with Gasteiger partial charge in [-0.3, -0.25) is 9.59 Å². The predicted octanol–water partition coefficient (Wildman–Crippen LogP) is 7.16. The monoisotopic (exact) mass is 801 g/mol. The molecule has 2 rings (SSSR count). The molecule has 0 fully saturated rings. The average Bonchev–Trinajstić information content (AvgIpc) is 3.05. The average molecular weight is 801 g/mol. The maximum absolute atomic E-state index is 14.3. The number of amides is 3. The molecule has 0 radical (unpaired) electrons. The Bertz CT molecular complexity index is 1560. The Labute approximate surface area is 286 Å². The lowest BCUT2D eigenvalue weighted by molar-refractivity contribution is -0.461. The Morgan fingerprint density at radius 1 is 0.566 bits per heavy atom. The Hall–Kier alpha value is -4.54. The minimum absolute atomic E-state index is 0.218. The number of nitrogens with one attached hydrogen (secondary N) is 3. The minimum Gasteiger partial charge on any atom is -0.445 e. The molecule has 3 N–H and O–H groups in total. The van der Waals surface area contributed by atoms with Gasteiger partial charge in [0.15, 0.2) is 0 Å². The van der Waals surface area contributed by atoms with Gasteiger partial charge in [0.2, 0.25) is 11.8 Å². The van der Waals surface area contributed by atoms with Gasteiger partial charge in [-0.25, -0.2) is 4.79 Å². The summed E-state index contributed by atoms with van der Waals surface area (Å²) in [6, 6.07) is 13.2. The molecule has 3 amide bonds. The first-order chi connectivity index (χ1) is 24.0. The lowest BCUT2D eigenvalue weighted by Crippen LogP contribution is -2.74. The molecular formula is C29H24F17N3O4. The molecule has 298 valence electrons. The third-order valence-corrected chi connectivity index (χ3v) is 7.07. The van der Waals surface area contributed by atoms with E-state index in [4.69, 9.17) is 4.74 Å². The van der Waals surface area contributed by atoms with Crippen LogP contribution >= 0.6 is 0 Å². The Kier molecular flexibility index (Phi) is 13.3. The van der Waals surface area contributed by atoms with Crippen molar-refractivity contribution in [2.45, 2.75) is 73.1 Å². The van der Waals surface area contributed by atoms with E-state index in [1.807, 2.05) is 10.6 Å². The molecule has 0 spiro atoms. The molecule has 0 unspecified atom stereocenters. The van der Waals surface area contributed by atoms with Gasteiger partial charge in [-0.05, 0) is 11.1 Å². The zero-order chi connectivity index (χ0) is 40.9. The van der Waals surface area contributed by atoms with Crippen LogP contribution in [0.5, 0.6) is 0 Å². The number of alkyl halides is 17. The number of halogens is 17. The Morgan fingerprint density at radius 2 is 1.00 bits per heavy atom. The summed E-state index contributed by atoms with van der Waals surface area (Å²) in [4.78, 5) is 37.0. The SMILES string of the molecule is O=C(CNC(=O)OCc1ccccc1)N[C@@H](Cc1ccccc1)C(=O)NCCC(F)(F)C(F)(F)C(F)(F)C(F)(F)C(F)(F)C(F)(F)C(F)(F)C(F)(F)F. The highest BCUT2D eigenvalue weighted by molar-refractivity contribution is 5.89. The topological polar surface area (TPSA) is 96.5 Å². The number of carbonyl (C=O) groups is 3. The first kappa shape index (κ1) is 44.6. The zero-order valence-corrected chi connectivity index (χ0v) is 25.9. The highest BCUT2D eigenvalue weighted by atomic mass is 19.4. The second-order valence-corrected chi connectivity index (χ2v) is 10.9. The summed E-state index contributed by atoms with van der Waals surface area (Å²) >= 11 is 0. The maximum atomic E-state index is 14.3. The fourth-order valence-electron chi connectivity index (χ4n) is 4.05. The number of ether oxygens (including phenoxy) is 1. The molecule has 0 saturated heterocycles. The summed E-state index contributed by atoms with van der Waals surface area (Å²) in [5.74, 6) is -60.2. The fraction of sp³-hybridized carbons (Fsp3) is 0.483. The van der Waals surface area contributed by atoms with E-state index in [0.717, 1.165) is 0 Å². The standard InChI is InChI=1S/C29H24F17N3O4/c30-22(31,23(32,33)24(34,35)25(36,37)26(38,39)27(40,41)28(42,43)29(44,45)46)11-12-47-20(51)18(13-16-7-3-1-4-8-16)49-19(50)14-48-21(52)53-15-17-9-5-2-6-10-17/h1-10,18H,11-15H2,(H,47,51)(H,48,52)(H,49,50)/t18-/m0/s1. The van der Waals surface area contributed by atoms with E-state index in [2.05, 4.69) is 0 Å². The summed E-state index contributed by atoms with van der Waals surface area (Å²) in [5, 5.41) is 5.40. The molecule has 0 aliphatic rings. The first-order valence-electron chi connectivity index (χ1n) is 14.2. The highest BCUT2D eigenvalue weighted by Gasteiger charge is 2.95. The van der Waals surface area contributed by atoms with E-state index in [1.54, 1.807) is 30.3 Å². The van der Waals surface area contributed by atoms with Crippen molar-refractivity contribution in [1.29, 1.82) is 0 Å². The number of benzene rings is 2. The maximum Gasteiger partial charge on any atom is 0.460 e. The molecule has 0 bridgehead atoms. The molecular weight excluding hydrogens is 777 g/mol. The number of alkyl carbamates (subject to hydrolysis) is 1. The summed E-state index contributed by atoms with van der Waals surface area (Å²) < 4.78 is 235. The van der Waals surface area contributed by atoms with Crippen molar-refractivity contribution in [3.05, 3.63) is 71.8 Å². The van der Waals surface area contributed by atoms with Crippen LogP contribution < -0.4 is 16.0 Å². The van der Waals surface area contributed by atoms with E-state index < -0.39 is 97.5 Å². The smallest absolute Gasteiger partial charge is 0.445 e. The van der Waals surface area contributed by atoms with Gasteiger partial charge in [0.05, 0.1) is 0 Å². The fourth-order valence-corrected chi connectivity index (χ4v) is 4.05. The molecule has 1 atom stereocenters. The van der Waals surface area contributed by atoms with Crippen molar-refractivity contribution in [3.8, 4) is 0 Å². The summed E-state index contributed by atoms with van der Waals surface area (Å²) in [5.41, 5.74) is 0.758. The number of rotatable bonds is 17. The van der Waals surface area contributed by atoms with Gasteiger partial charge >= 0.3 is 53.7 Å². The van der Waals surface area contributed by atoms with Gasteiger partial charge < -0.3 is 20.7 Å². The molecule has 53 heavy (non-hydrogen) atoms. The zero-order valence-electron chi connectivity index (χ0n) is 25.9. The van der Waals surface area contributed by atoms with Gasteiger partial charge in [0, 0.05) is 19.4 Å². The molecule has 7 nitrogen and oxygen atoms in total. The van der Waals surface area contributed by atoms with Crippen molar-refractivity contribution in [3.63, 3.8) is 0 Å². The summed E-state index contributed by atoms with van der Waals surface area (Å²) in [6.45, 7) is -3.10. The molecule has 0 heterocycles. The van der Waals surface area contributed by atoms with Gasteiger partial charge in [-0.1, -0.05) is 60.7 Å². The molecule has 0 aromatic heterocycles. The number of hydrogen-bond donors (Lipinski definition) is 3. The quantitative estimate of drug-likeness (QED) is 0.148. The molecule has 0 aliphatic heterocycles. The van der Waals surface area contributed by atoms with Crippen molar-refractivity contribution < 1.29 is 93.8 Å². The Balaban J connectivity index is 2.19. The molecule has 0 aliphatic carbocycles. The van der Waals surface area contributed by atoms with Crippen LogP contribution in [0.3, 0.4) is 0 Å². The third-order valence-electron chi connectivity index (χ3n) is 7.07. The van der Waals surface area contributed by atoms with Gasteiger partial charge in [0.25, 0.3) is 0 Å². The van der Waals surface area contributed by atoms with Crippen molar-refractivity contribution in [2.75, 3.05) is 13.1 Å². The van der Waals surface area contributed by atoms with Gasteiger partial charge in [0.1, 0.15) is 19.2 Å². The van der Waals surface area contributed by atoms with Crippen LogP contribution in [0.2, 0.25) is 0 Å². The van der Waals surface area contributed by atoms with Gasteiger partial charge in [-0.15, -0.1) is 0 Å². The van der Waals surface area contributed by atoms with Crippen LogP contribution in [-0.4, -0.2) is 84.7 Å². The molecule has 2 aromatic rings. The van der Waals surface area contributed by atoms with Crippen molar-refractivity contribution in [2.24, 2.45) is 0 Å². The van der Waals surface area contributed by atoms with E-state index >= 15 is 0 Å². The molecule has 0 saturated carbocycles. The first-order valence-corrected chi connectivity index (χ1v) is 14.2. The lowest BCUT2D eigenvalue weighted by Gasteiger charge is -2.42. The second kappa shape index (κ2) is 15.8. The van der Waals surface area contributed by atoms with Crippen molar-refractivity contribution in [1.82, 2.24) is 16.0 Å². The van der Waals surface area contributed by atoms with Gasteiger partial charge in [-0.2, -0.15) is 74.6 Å². The summed E-state index contributed by atoms with van der Waals surface area (Å²) in [7, 11) is 0. The van der Waals surface area contributed by atoms with E-state index in [-0.39, 0.29) is 12.2 Å². The number of hydrogen-bond acceptors (Lipinski definition) is 4. The second-order valence-electron chi connectivity index (χ2n) is 10.9. The van der Waals surface area contributed by atoms with E-state index in [0.29, 0.717) is 5.56 Å². The van der Waals surface area contributed by atoms with Crippen LogP contribution in [0.4, 0.5) is 79.4 Å². The predicted molar refractivity (Wildman–Crippen MR) is 145 cm³/mol. The molecule has 2 aromatic carbocycles. The van der Waals surface area contributed by atoms with Crippen LogP contribution in [0, 0.1) is 0 Å². The minimum atomic E-state index is -8.76. The lowest BCUT2D eigenvalue weighted by atomic mass is 9.88. The van der Waals surface area contributed by atoms with Crippen molar-refractivity contribution >= 4 is 17.9 Å². The summed E-state index contributed by atoms with van der Waals surface area (Å²) in [6.07, 6.45) is -12.4. The number of carbonyl (C=O) groups excluding carboxylic acids is 3. The van der Waals surface area contributed by atoms with Crippen LogP contribution in [0.15, 0.2) is 60.7 Å². The van der Waals surface area contributed by atoms with E-state index in [1.165, 1.54) is 35.6 Å². The van der Waals surface area contributed by atoms with Crippen LogP contribution in [0.25, 0.3) is 0 Å². The van der Waals surface area contributed by atoms with Crippen LogP contribution in [0.1, 0.15) is 17.5 Å². The third kappa shape index (κ3) is 9.16. The molecule has 24 heteroatoms. The highest BCUT2D eigenvalue weighted by Crippen LogP contribution is 2.64. The largest absolute Gasteiger partial charge is 0.460 e.